The Morgan fingerprint density at radius 2 is 2.36 bits per heavy atom. The maximum Gasteiger partial charge on any atom is 0.180 e. The Bertz CT molecular complexity index is 252. The number of likely N-dealkylation sites (tertiary alicyclic amines) is 1. The molecule has 0 saturated carbocycles. The lowest BCUT2D eigenvalue weighted by atomic mass is 10.1. The Balaban J connectivity index is 1.71. The first kappa shape index (κ1) is 9.68. The van der Waals surface area contributed by atoms with E-state index in [1.165, 1.54) is 32.3 Å². The summed E-state index contributed by atoms with van der Waals surface area (Å²) in [6, 6.07) is 0.635. The number of oxazole rings is 1. The molecule has 1 saturated heterocycles. The minimum absolute atomic E-state index is 0.635. The molecule has 1 aromatic heterocycles. The van der Waals surface area contributed by atoms with Crippen molar-refractivity contribution in [3.63, 3.8) is 0 Å². The number of rotatable bonds is 3. The zero-order valence-electron chi connectivity index (χ0n) is 8.57. The molecule has 1 aliphatic heterocycles. The van der Waals surface area contributed by atoms with E-state index in [1.54, 1.807) is 6.20 Å². The highest BCUT2D eigenvalue weighted by Gasteiger charge is 2.15. The van der Waals surface area contributed by atoms with Crippen molar-refractivity contribution < 1.29 is 4.42 Å². The van der Waals surface area contributed by atoms with Gasteiger partial charge in [0.2, 0.25) is 0 Å². The third-order valence-corrected chi connectivity index (χ3v) is 2.77. The van der Waals surface area contributed by atoms with Crippen LogP contribution in [-0.2, 0) is 6.54 Å². The summed E-state index contributed by atoms with van der Waals surface area (Å²) in [5.74, 6) is 0.920. The smallest absolute Gasteiger partial charge is 0.180 e. The second kappa shape index (κ2) is 4.57. The van der Waals surface area contributed by atoms with Gasteiger partial charge in [0.05, 0.1) is 12.7 Å². The van der Waals surface area contributed by atoms with E-state index >= 15 is 0 Å². The van der Waals surface area contributed by atoms with Crippen LogP contribution in [0.2, 0.25) is 0 Å². The lowest BCUT2D eigenvalue weighted by Crippen LogP contribution is -2.40. The van der Waals surface area contributed by atoms with Crippen LogP contribution >= 0.6 is 0 Å². The maximum absolute atomic E-state index is 5.16. The fourth-order valence-corrected chi connectivity index (χ4v) is 1.79. The van der Waals surface area contributed by atoms with Crippen LogP contribution in [0.25, 0.3) is 0 Å². The van der Waals surface area contributed by atoms with Gasteiger partial charge in [-0.1, -0.05) is 0 Å². The van der Waals surface area contributed by atoms with Crippen LogP contribution in [0.1, 0.15) is 18.6 Å². The van der Waals surface area contributed by atoms with E-state index in [1.807, 2.05) is 0 Å². The van der Waals surface area contributed by atoms with Crippen molar-refractivity contribution in [3.8, 4) is 0 Å². The van der Waals surface area contributed by atoms with Crippen molar-refractivity contribution in [2.24, 2.45) is 0 Å². The van der Waals surface area contributed by atoms with Gasteiger partial charge in [0, 0.05) is 6.04 Å². The van der Waals surface area contributed by atoms with Crippen LogP contribution < -0.4 is 5.32 Å². The highest BCUT2D eigenvalue weighted by atomic mass is 16.3. The van der Waals surface area contributed by atoms with Crippen molar-refractivity contribution >= 4 is 0 Å². The molecule has 1 aromatic rings. The van der Waals surface area contributed by atoms with Crippen LogP contribution in [0.5, 0.6) is 0 Å². The SMILES string of the molecule is CN1CCC(NCc2cnco2)CC1. The van der Waals surface area contributed by atoms with Gasteiger partial charge < -0.3 is 14.6 Å². The van der Waals surface area contributed by atoms with Gasteiger partial charge in [0.1, 0.15) is 5.76 Å². The predicted octanol–water partition coefficient (Wildman–Crippen LogP) is 0.858. The van der Waals surface area contributed by atoms with E-state index in [2.05, 4.69) is 22.2 Å². The summed E-state index contributed by atoms with van der Waals surface area (Å²) in [6.07, 6.45) is 5.70. The van der Waals surface area contributed by atoms with Gasteiger partial charge in [-0.05, 0) is 33.0 Å². The van der Waals surface area contributed by atoms with Gasteiger partial charge >= 0.3 is 0 Å². The average Bonchev–Trinajstić information content (AvgIpc) is 2.70. The zero-order valence-corrected chi connectivity index (χ0v) is 8.57. The zero-order chi connectivity index (χ0) is 9.80. The number of aromatic nitrogens is 1. The minimum atomic E-state index is 0.635. The van der Waals surface area contributed by atoms with E-state index < -0.39 is 0 Å². The standard InChI is InChI=1S/C10H17N3O/c1-13-4-2-9(3-5-13)12-7-10-6-11-8-14-10/h6,8-9,12H,2-5,7H2,1H3. The van der Waals surface area contributed by atoms with E-state index in [0.717, 1.165) is 12.3 Å². The Kier molecular flexibility index (Phi) is 3.16. The fraction of sp³-hybridized carbons (Fsp3) is 0.700. The van der Waals surface area contributed by atoms with Crippen LogP contribution in [-0.4, -0.2) is 36.1 Å². The van der Waals surface area contributed by atoms with Crippen molar-refractivity contribution in [1.82, 2.24) is 15.2 Å². The molecule has 0 atom stereocenters. The van der Waals surface area contributed by atoms with Gasteiger partial charge in [-0.2, -0.15) is 0 Å². The molecule has 1 aliphatic rings. The first-order valence-electron chi connectivity index (χ1n) is 5.14. The lowest BCUT2D eigenvalue weighted by Gasteiger charge is -2.29. The van der Waals surface area contributed by atoms with Gasteiger partial charge in [-0.3, -0.25) is 0 Å². The first-order valence-corrected chi connectivity index (χ1v) is 5.14. The fourth-order valence-electron chi connectivity index (χ4n) is 1.79. The Hall–Kier alpha value is -0.870. The molecule has 14 heavy (non-hydrogen) atoms. The Labute approximate surface area is 84.3 Å². The Morgan fingerprint density at radius 1 is 1.57 bits per heavy atom. The third kappa shape index (κ3) is 2.56. The number of nitrogens with one attached hydrogen (secondary N) is 1. The molecule has 1 N–H and O–H groups in total. The predicted molar refractivity (Wildman–Crippen MR) is 53.9 cm³/mol. The third-order valence-electron chi connectivity index (χ3n) is 2.77. The van der Waals surface area contributed by atoms with Crippen molar-refractivity contribution in [2.75, 3.05) is 20.1 Å². The molecule has 0 aromatic carbocycles. The second-order valence-corrected chi connectivity index (χ2v) is 3.93. The number of piperidine rings is 1. The topological polar surface area (TPSA) is 41.3 Å². The van der Waals surface area contributed by atoms with Crippen LogP contribution in [0.15, 0.2) is 17.0 Å². The quantitative estimate of drug-likeness (QED) is 0.776. The molecule has 0 unspecified atom stereocenters. The molecule has 4 heteroatoms. The van der Waals surface area contributed by atoms with Crippen molar-refractivity contribution in [2.45, 2.75) is 25.4 Å². The van der Waals surface area contributed by atoms with Gasteiger partial charge in [-0.25, -0.2) is 4.98 Å². The molecule has 2 heterocycles. The Morgan fingerprint density at radius 3 is 3.00 bits per heavy atom. The van der Waals surface area contributed by atoms with E-state index in [9.17, 15) is 0 Å². The van der Waals surface area contributed by atoms with E-state index in [-0.39, 0.29) is 0 Å². The molecule has 0 spiro atoms. The summed E-state index contributed by atoms with van der Waals surface area (Å²) in [5, 5.41) is 3.48. The molecule has 0 bridgehead atoms. The summed E-state index contributed by atoms with van der Waals surface area (Å²) < 4.78 is 5.16. The monoisotopic (exact) mass is 195 g/mol. The van der Waals surface area contributed by atoms with Crippen molar-refractivity contribution in [3.05, 3.63) is 18.4 Å². The molecular formula is C10H17N3O. The largest absolute Gasteiger partial charge is 0.447 e. The number of hydrogen-bond donors (Lipinski definition) is 1. The highest BCUT2D eigenvalue weighted by Crippen LogP contribution is 2.09. The lowest BCUT2D eigenvalue weighted by molar-refractivity contribution is 0.231. The number of hydrogen-bond acceptors (Lipinski definition) is 4. The second-order valence-electron chi connectivity index (χ2n) is 3.93. The highest BCUT2D eigenvalue weighted by molar-refractivity contribution is 4.88. The van der Waals surface area contributed by atoms with Crippen LogP contribution in [0, 0.1) is 0 Å². The molecular weight excluding hydrogens is 178 g/mol. The van der Waals surface area contributed by atoms with Gasteiger partial charge in [0.25, 0.3) is 0 Å². The van der Waals surface area contributed by atoms with E-state index in [4.69, 9.17) is 4.42 Å². The first-order chi connectivity index (χ1) is 6.84. The summed E-state index contributed by atoms with van der Waals surface area (Å²) in [5.41, 5.74) is 0. The molecule has 1 fully saturated rings. The summed E-state index contributed by atoms with van der Waals surface area (Å²) in [7, 11) is 2.17. The summed E-state index contributed by atoms with van der Waals surface area (Å²) in [4.78, 5) is 6.25. The van der Waals surface area contributed by atoms with Crippen LogP contribution in [0.4, 0.5) is 0 Å². The molecule has 0 aliphatic carbocycles. The minimum Gasteiger partial charge on any atom is -0.447 e. The molecule has 78 valence electrons. The summed E-state index contributed by atoms with van der Waals surface area (Å²) >= 11 is 0. The number of nitrogens with zero attached hydrogens (tertiary/aromatic N) is 2. The molecule has 4 nitrogen and oxygen atoms in total. The summed E-state index contributed by atoms with van der Waals surface area (Å²) in [6.45, 7) is 3.18. The molecule has 0 amide bonds. The maximum atomic E-state index is 5.16. The molecule has 2 rings (SSSR count). The molecule has 0 radical (unpaired) electrons. The normalized spacial score (nSPS) is 20.1. The van der Waals surface area contributed by atoms with Crippen LogP contribution in [0.3, 0.4) is 0 Å². The van der Waals surface area contributed by atoms with Crippen molar-refractivity contribution in [1.29, 1.82) is 0 Å². The van der Waals surface area contributed by atoms with E-state index in [0.29, 0.717) is 6.04 Å². The average molecular weight is 195 g/mol. The van der Waals surface area contributed by atoms with Gasteiger partial charge in [-0.15, -0.1) is 0 Å². The van der Waals surface area contributed by atoms with Gasteiger partial charge in [0.15, 0.2) is 6.39 Å².